The third kappa shape index (κ3) is 3.97. The molecule has 0 saturated carbocycles. The van der Waals surface area contributed by atoms with Crippen LogP contribution in [0.3, 0.4) is 0 Å². The molecule has 9 aromatic carbocycles. The molecule has 0 unspecified atom stereocenters. The van der Waals surface area contributed by atoms with Crippen LogP contribution in [0.1, 0.15) is 20.6 Å². The Morgan fingerprint density at radius 1 is 0.426 bits per heavy atom. The maximum Gasteiger partial charge on any atom is 0.143 e. The highest BCUT2D eigenvalue weighted by molar-refractivity contribution is 6.27. The maximum absolute atomic E-state index is 9.49. The minimum absolute atomic E-state index is 0.0115. The third-order valence-electron chi connectivity index (χ3n) is 8.73. The van der Waals surface area contributed by atoms with Gasteiger partial charge in [-0.1, -0.05) is 139 Å². The average molecular weight is 612 g/mol. The van der Waals surface area contributed by atoms with E-state index in [2.05, 4.69) is 0 Å². The molecule has 0 bridgehead atoms. The minimum atomic E-state index is -0.743. The molecule has 0 aliphatic rings. The molecule has 10 rings (SSSR count). The number of hydrogen-bond acceptors (Lipinski definition) is 1. The Morgan fingerprint density at radius 3 is 1.87 bits per heavy atom. The van der Waals surface area contributed by atoms with Crippen molar-refractivity contribution in [2.45, 2.75) is 0 Å². The largest absolute Gasteiger partial charge is 0.455 e. The predicted molar refractivity (Wildman–Crippen MR) is 200 cm³/mol. The smallest absolute Gasteiger partial charge is 0.143 e. The summed E-state index contributed by atoms with van der Waals surface area (Å²) in [6.07, 6.45) is 0. The van der Waals surface area contributed by atoms with Crippen LogP contribution in [0.15, 0.2) is 174 Å². The molecule has 0 N–H and O–H groups in total. The van der Waals surface area contributed by atoms with Gasteiger partial charge in [0.25, 0.3) is 0 Å². The highest BCUT2D eigenvalue weighted by atomic mass is 16.3. The lowest BCUT2D eigenvalue weighted by Gasteiger charge is -2.18. The van der Waals surface area contributed by atoms with Crippen LogP contribution in [-0.2, 0) is 0 Å². The van der Waals surface area contributed by atoms with Crippen molar-refractivity contribution < 1.29 is 25.0 Å². The Bertz CT molecular complexity index is 3610. The van der Waals surface area contributed by atoms with Crippen LogP contribution in [0.2, 0.25) is 0 Å². The second-order valence-electron chi connectivity index (χ2n) is 11.3. The molecule has 10 aromatic rings. The molecular weight excluding hydrogens is 569 g/mol. The van der Waals surface area contributed by atoms with Crippen LogP contribution in [0.4, 0.5) is 0 Å². The second kappa shape index (κ2) is 10.2. The first-order chi connectivity index (χ1) is 29.6. The van der Waals surface area contributed by atoms with Gasteiger partial charge in [0.05, 0.1) is 20.6 Å². The van der Waals surface area contributed by atoms with E-state index in [0.717, 1.165) is 21.9 Å². The quantitative estimate of drug-likeness (QED) is 0.181. The van der Waals surface area contributed by atoms with Crippen molar-refractivity contribution in [1.29, 1.82) is 0 Å². The Labute approximate surface area is 293 Å². The van der Waals surface area contributed by atoms with E-state index in [0.29, 0.717) is 27.5 Å². The molecule has 0 radical (unpaired) electrons. The SMILES string of the molecule is [2H]c1c([2H])c([2H])c2c([2H])c(-c3c4c([2H])c([2H])c([2H])c([2H])c4c(-c4cccc5oc6c7ccc(-c8ccccc8)cc7ccc6c45)c4c([2H])c([2H])c([2H])c([2H])c34)c([2H])c([2H])c2c1[2H]. The molecule has 1 nitrogen and oxygen atoms in total. The van der Waals surface area contributed by atoms with Gasteiger partial charge >= 0.3 is 0 Å². The fraction of sp³-hybridized carbons (Fsp3) is 0. The number of rotatable bonds is 3. The van der Waals surface area contributed by atoms with E-state index in [-0.39, 0.29) is 32.7 Å². The van der Waals surface area contributed by atoms with Crippen LogP contribution in [0.5, 0.6) is 0 Å². The van der Waals surface area contributed by atoms with Gasteiger partial charge in [-0.3, -0.25) is 0 Å². The fourth-order valence-electron chi connectivity index (χ4n) is 6.68. The topological polar surface area (TPSA) is 13.1 Å². The zero-order valence-electron chi connectivity index (χ0n) is 39.4. The Morgan fingerprint density at radius 2 is 1.11 bits per heavy atom. The lowest BCUT2D eigenvalue weighted by atomic mass is 9.84. The van der Waals surface area contributed by atoms with E-state index in [1.54, 1.807) is 18.2 Å². The molecule has 1 heteroatoms. The standard InChI is InChI=1S/C46H28O/c1-2-11-29(12-3-1)32-23-25-35-33(27-32)24-26-41-45-40(19-10-20-42(45)47-46(35)41)44-38-17-8-6-15-36(38)43(37-16-7-9-18-39(37)44)34-22-21-30-13-4-5-14-31(30)28-34/h1-28H/i4D,5D,6D,7D,8D,9D,13D,14D,15D,16D,17D,18D,21D,22D,28D. The molecule has 1 aromatic heterocycles. The Kier molecular flexibility index (Phi) is 3.33. The normalized spacial score (nSPS) is 16.3. The summed E-state index contributed by atoms with van der Waals surface area (Å²) in [6.45, 7) is 0. The molecule has 0 amide bonds. The van der Waals surface area contributed by atoms with Crippen LogP contribution in [0.25, 0.3) is 98.4 Å². The van der Waals surface area contributed by atoms with Gasteiger partial charge in [0, 0.05) is 16.2 Å². The van der Waals surface area contributed by atoms with Gasteiger partial charge in [-0.25, -0.2) is 0 Å². The number of hydrogen-bond donors (Lipinski definition) is 0. The predicted octanol–water partition coefficient (Wildman–Crippen LogP) is 13.2. The van der Waals surface area contributed by atoms with Crippen molar-refractivity contribution in [3.63, 3.8) is 0 Å². The van der Waals surface area contributed by atoms with E-state index in [9.17, 15) is 8.22 Å². The number of furan rings is 1. The molecule has 0 saturated heterocycles. The van der Waals surface area contributed by atoms with Gasteiger partial charge in [0.15, 0.2) is 0 Å². The van der Waals surface area contributed by atoms with Gasteiger partial charge in [-0.15, -0.1) is 0 Å². The van der Waals surface area contributed by atoms with Crippen LogP contribution < -0.4 is 0 Å². The van der Waals surface area contributed by atoms with E-state index in [4.69, 9.17) is 16.8 Å². The molecule has 0 aliphatic heterocycles. The molecule has 218 valence electrons. The number of benzene rings is 9. The maximum atomic E-state index is 9.49. The summed E-state index contributed by atoms with van der Waals surface area (Å²) >= 11 is 0. The fourth-order valence-corrected chi connectivity index (χ4v) is 6.68. The van der Waals surface area contributed by atoms with Crippen LogP contribution in [0, 0.1) is 0 Å². The first kappa shape index (κ1) is 15.4. The third-order valence-corrected chi connectivity index (χ3v) is 8.73. The van der Waals surface area contributed by atoms with Gasteiger partial charge in [0.2, 0.25) is 0 Å². The van der Waals surface area contributed by atoms with Gasteiger partial charge < -0.3 is 4.42 Å². The molecule has 0 aliphatic carbocycles. The monoisotopic (exact) mass is 611 g/mol. The highest BCUT2D eigenvalue weighted by Crippen LogP contribution is 2.47. The van der Waals surface area contributed by atoms with Gasteiger partial charge in [-0.05, 0) is 101 Å². The Balaban J connectivity index is 1.43. The van der Waals surface area contributed by atoms with Crippen molar-refractivity contribution in [3.05, 3.63) is 169 Å². The van der Waals surface area contributed by atoms with Crippen molar-refractivity contribution in [1.82, 2.24) is 0 Å². The first-order valence-corrected chi connectivity index (χ1v) is 15.0. The van der Waals surface area contributed by atoms with E-state index >= 15 is 0 Å². The number of fused-ring (bicyclic) bond motifs is 8. The Hall–Kier alpha value is -6.18. The molecule has 0 fully saturated rings. The van der Waals surface area contributed by atoms with Crippen molar-refractivity contribution in [3.8, 4) is 33.4 Å². The van der Waals surface area contributed by atoms with E-state index < -0.39 is 107 Å². The van der Waals surface area contributed by atoms with Gasteiger partial charge in [0.1, 0.15) is 11.2 Å². The molecule has 0 spiro atoms. The highest BCUT2D eigenvalue weighted by Gasteiger charge is 2.21. The molecular formula is C46H28O. The molecule has 1 heterocycles. The lowest BCUT2D eigenvalue weighted by molar-refractivity contribution is 0.673. The summed E-state index contributed by atoms with van der Waals surface area (Å²) in [7, 11) is 0. The minimum Gasteiger partial charge on any atom is -0.455 e. The first-order valence-electron chi connectivity index (χ1n) is 22.5. The van der Waals surface area contributed by atoms with Gasteiger partial charge in [-0.2, -0.15) is 0 Å². The second-order valence-corrected chi connectivity index (χ2v) is 11.3. The summed E-state index contributed by atoms with van der Waals surface area (Å²) in [5, 5.41) is 0.916. The zero-order chi connectivity index (χ0) is 44.0. The molecule has 47 heavy (non-hydrogen) atoms. The van der Waals surface area contributed by atoms with E-state index in [1.807, 2.05) is 60.7 Å². The van der Waals surface area contributed by atoms with Crippen LogP contribution >= 0.6 is 0 Å². The summed E-state index contributed by atoms with van der Waals surface area (Å²) in [5.41, 5.74) is 2.36. The summed E-state index contributed by atoms with van der Waals surface area (Å²) in [6, 6.07) is 14.7. The molecule has 0 atom stereocenters. The summed E-state index contributed by atoms with van der Waals surface area (Å²) in [4.78, 5) is 0. The lowest BCUT2D eigenvalue weighted by Crippen LogP contribution is -1.91. The van der Waals surface area contributed by atoms with E-state index in [1.165, 1.54) is 0 Å². The van der Waals surface area contributed by atoms with Crippen LogP contribution in [-0.4, -0.2) is 0 Å². The summed E-state index contributed by atoms with van der Waals surface area (Å²) < 4.78 is 142. The zero-order valence-corrected chi connectivity index (χ0v) is 24.4. The van der Waals surface area contributed by atoms with Crippen molar-refractivity contribution in [2.75, 3.05) is 0 Å². The van der Waals surface area contributed by atoms with Crippen molar-refractivity contribution >= 4 is 65.0 Å². The summed E-state index contributed by atoms with van der Waals surface area (Å²) in [5.74, 6) is 0. The van der Waals surface area contributed by atoms with Crippen molar-refractivity contribution in [2.24, 2.45) is 0 Å². The average Bonchev–Trinajstić information content (AvgIpc) is 3.67.